The van der Waals surface area contributed by atoms with E-state index in [1.165, 1.54) is 28.6 Å². The van der Waals surface area contributed by atoms with Crippen LogP contribution in [0, 0.1) is 0 Å². The maximum Gasteiger partial charge on any atom is 0.262 e. The van der Waals surface area contributed by atoms with Crippen LogP contribution in [0.5, 0.6) is 0 Å². The van der Waals surface area contributed by atoms with Crippen LogP contribution in [-0.2, 0) is 19.9 Å². The van der Waals surface area contributed by atoms with Crippen molar-refractivity contribution in [3.8, 4) is 0 Å². The first-order chi connectivity index (χ1) is 11.5. The first-order valence-electron chi connectivity index (χ1n) is 7.52. The molecule has 124 valence electrons. The van der Waals surface area contributed by atoms with Crippen molar-refractivity contribution in [3.05, 3.63) is 32.0 Å². The predicted molar refractivity (Wildman–Crippen MR) is 97.1 cm³/mol. The topological polar surface area (TPSA) is 86.7 Å². The molecule has 0 amide bonds. The number of aryl methyl sites for hydroxylation is 2. The molecule has 0 bridgehead atoms. The second kappa shape index (κ2) is 6.02. The number of aromatic nitrogens is 4. The fraction of sp³-hybridized carbons (Fsp3) is 0.333. The smallest absolute Gasteiger partial charge is 0.262 e. The second-order valence-corrected chi connectivity index (χ2v) is 8.10. The number of nitrogens with zero attached hydrogens (tertiary/aromatic N) is 4. The van der Waals surface area contributed by atoms with Crippen molar-refractivity contribution in [2.45, 2.75) is 35.9 Å². The van der Waals surface area contributed by atoms with Crippen molar-refractivity contribution >= 4 is 50.9 Å². The van der Waals surface area contributed by atoms with Crippen molar-refractivity contribution in [2.75, 3.05) is 5.73 Å². The van der Waals surface area contributed by atoms with E-state index in [2.05, 4.69) is 9.97 Å². The van der Waals surface area contributed by atoms with E-state index in [9.17, 15) is 4.79 Å². The Kier molecular flexibility index (Phi) is 3.98. The Morgan fingerprint density at radius 1 is 1.29 bits per heavy atom. The number of rotatable bonds is 2. The van der Waals surface area contributed by atoms with E-state index < -0.39 is 0 Å². The molecule has 0 fully saturated rings. The van der Waals surface area contributed by atoms with Gasteiger partial charge < -0.3 is 5.73 Å². The summed E-state index contributed by atoms with van der Waals surface area (Å²) in [6.07, 6.45) is 4.33. The lowest BCUT2D eigenvalue weighted by Crippen LogP contribution is -2.20. The van der Waals surface area contributed by atoms with Gasteiger partial charge in [-0.1, -0.05) is 11.6 Å². The van der Waals surface area contributed by atoms with Crippen LogP contribution in [0.1, 0.15) is 23.3 Å². The summed E-state index contributed by atoms with van der Waals surface area (Å²) in [5.41, 5.74) is 6.82. The minimum atomic E-state index is -0.00461. The van der Waals surface area contributed by atoms with Gasteiger partial charge in [0.05, 0.1) is 5.39 Å². The van der Waals surface area contributed by atoms with Gasteiger partial charge in [0.25, 0.3) is 5.56 Å². The first-order valence-corrected chi connectivity index (χ1v) is 9.53. The molecule has 0 radical (unpaired) electrons. The summed E-state index contributed by atoms with van der Waals surface area (Å²) in [6, 6.07) is 1.61. The van der Waals surface area contributed by atoms with E-state index >= 15 is 0 Å². The molecule has 1 aliphatic rings. The van der Waals surface area contributed by atoms with E-state index in [1.807, 2.05) is 0 Å². The van der Waals surface area contributed by atoms with Crippen molar-refractivity contribution in [3.63, 3.8) is 0 Å². The molecule has 2 N–H and O–H groups in total. The zero-order chi connectivity index (χ0) is 16.8. The molecule has 0 atom stereocenters. The summed E-state index contributed by atoms with van der Waals surface area (Å²) >= 11 is 8.81. The molecule has 1 aliphatic carbocycles. The Labute approximate surface area is 151 Å². The van der Waals surface area contributed by atoms with Gasteiger partial charge in [-0.3, -0.25) is 9.36 Å². The Bertz CT molecular complexity index is 993. The molecule has 0 saturated heterocycles. The fourth-order valence-electron chi connectivity index (χ4n) is 2.92. The van der Waals surface area contributed by atoms with E-state index in [0.29, 0.717) is 10.2 Å². The van der Waals surface area contributed by atoms with E-state index in [0.717, 1.165) is 29.5 Å². The molecule has 0 unspecified atom stereocenters. The fourth-order valence-corrected chi connectivity index (χ4v) is 5.34. The number of hydrogen-bond donors (Lipinski definition) is 1. The number of nitrogen functional groups attached to an aromatic ring is 1. The van der Waals surface area contributed by atoms with Crippen LogP contribution in [0.4, 0.5) is 5.95 Å². The molecule has 24 heavy (non-hydrogen) atoms. The van der Waals surface area contributed by atoms with Crippen molar-refractivity contribution < 1.29 is 0 Å². The molecule has 3 aromatic heterocycles. The van der Waals surface area contributed by atoms with Gasteiger partial charge in [-0.15, -0.1) is 11.3 Å². The van der Waals surface area contributed by atoms with Crippen molar-refractivity contribution in [1.82, 2.24) is 19.5 Å². The average Bonchev–Trinajstić information content (AvgIpc) is 2.89. The Hall–Kier alpha value is -1.64. The predicted octanol–water partition coefficient (Wildman–Crippen LogP) is 3.05. The molecular formula is C15H14ClN5OS2. The minimum absolute atomic E-state index is 0.00461. The van der Waals surface area contributed by atoms with Crippen molar-refractivity contribution in [2.24, 2.45) is 7.05 Å². The molecule has 0 aromatic carbocycles. The summed E-state index contributed by atoms with van der Waals surface area (Å²) in [5.74, 6) is 0.0997. The highest BCUT2D eigenvalue weighted by atomic mass is 35.5. The van der Waals surface area contributed by atoms with Gasteiger partial charge in [0.15, 0.2) is 5.16 Å². The summed E-state index contributed by atoms with van der Waals surface area (Å²) < 4.78 is 1.57. The van der Waals surface area contributed by atoms with Gasteiger partial charge >= 0.3 is 0 Å². The number of halogens is 1. The largest absolute Gasteiger partial charge is 0.368 e. The van der Waals surface area contributed by atoms with Crippen molar-refractivity contribution in [1.29, 1.82) is 0 Å². The lowest BCUT2D eigenvalue weighted by Gasteiger charge is -2.10. The quantitative estimate of drug-likeness (QED) is 0.544. The van der Waals surface area contributed by atoms with Gasteiger partial charge in [-0.25, -0.2) is 15.0 Å². The van der Waals surface area contributed by atoms with E-state index in [-0.39, 0.29) is 16.7 Å². The Morgan fingerprint density at radius 2 is 2.08 bits per heavy atom. The SMILES string of the molecule is Cn1c(Sc2cc(Cl)nc(N)n2)nc2sc3c(c2c1=O)CCCC3. The zero-order valence-electron chi connectivity index (χ0n) is 12.9. The normalized spacial score (nSPS) is 14.1. The minimum Gasteiger partial charge on any atom is -0.368 e. The van der Waals surface area contributed by atoms with Crippen LogP contribution in [0.15, 0.2) is 21.0 Å². The van der Waals surface area contributed by atoms with Gasteiger partial charge in [-0.05, 0) is 43.0 Å². The lowest BCUT2D eigenvalue weighted by atomic mass is 9.97. The van der Waals surface area contributed by atoms with Gasteiger partial charge in [0, 0.05) is 18.0 Å². The van der Waals surface area contributed by atoms with Crippen LogP contribution in [0.2, 0.25) is 5.15 Å². The van der Waals surface area contributed by atoms with Crippen LogP contribution >= 0.6 is 34.7 Å². The van der Waals surface area contributed by atoms with Gasteiger partial charge in [0.1, 0.15) is 15.0 Å². The average molecular weight is 380 g/mol. The maximum atomic E-state index is 12.8. The molecule has 4 rings (SSSR count). The van der Waals surface area contributed by atoms with Gasteiger partial charge in [-0.2, -0.15) is 0 Å². The molecule has 6 nitrogen and oxygen atoms in total. The summed E-state index contributed by atoms with van der Waals surface area (Å²) in [7, 11) is 1.73. The molecule has 0 aliphatic heterocycles. The molecule has 3 aromatic rings. The molecule has 3 heterocycles. The number of fused-ring (bicyclic) bond motifs is 3. The monoisotopic (exact) mass is 379 g/mol. The third-order valence-electron chi connectivity index (χ3n) is 4.04. The lowest BCUT2D eigenvalue weighted by molar-refractivity contribution is 0.695. The third kappa shape index (κ3) is 2.68. The summed E-state index contributed by atoms with van der Waals surface area (Å²) in [5, 5.41) is 2.18. The molecule has 0 spiro atoms. The number of thiophene rings is 1. The Balaban J connectivity index is 1.84. The maximum absolute atomic E-state index is 12.8. The van der Waals surface area contributed by atoms with Crippen LogP contribution in [0.25, 0.3) is 10.2 Å². The molecule has 9 heteroatoms. The second-order valence-electron chi connectivity index (χ2n) is 5.64. The van der Waals surface area contributed by atoms with E-state index in [1.54, 1.807) is 29.0 Å². The summed E-state index contributed by atoms with van der Waals surface area (Å²) in [4.78, 5) is 27.6. The van der Waals surface area contributed by atoms with Crippen LogP contribution in [-0.4, -0.2) is 19.5 Å². The highest BCUT2D eigenvalue weighted by Gasteiger charge is 2.21. The summed E-state index contributed by atoms with van der Waals surface area (Å²) in [6.45, 7) is 0. The Morgan fingerprint density at radius 3 is 2.88 bits per heavy atom. The molecular weight excluding hydrogens is 366 g/mol. The standard InChI is InChI=1S/C15H14ClN5OS2/c1-21-13(22)11-7-4-2-3-5-8(7)23-12(11)20-15(21)24-10-6-9(16)18-14(17)19-10/h6H,2-5H2,1H3,(H2,17,18,19). The number of nitrogens with two attached hydrogens (primary N) is 1. The highest BCUT2D eigenvalue weighted by Crippen LogP contribution is 2.35. The molecule has 0 saturated carbocycles. The van der Waals surface area contributed by atoms with Crippen LogP contribution < -0.4 is 11.3 Å². The highest BCUT2D eigenvalue weighted by molar-refractivity contribution is 7.99. The van der Waals surface area contributed by atoms with Gasteiger partial charge in [0.2, 0.25) is 5.95 Å². The third-order valence-corrected chi connectivity index (χ3v) is 6.39. The number of anilines is 1. The zero-order valence-corrected chi connectivity index (χ0v) is 15.3. The first kappa shape index (κ1) is 15.9. The number of hydrogen-bond acceptors (Lipinski definition) is 7. The van der Waals surface area contributed by atoms with Crippen LogP contribution in [0.3, 0.4) is 0 Å². The van der Waals surface area contributed by atoms with E-state index in [4.69, 9.17) is 22.3 Å².